The summed E-state index contributed by atoms with van der Waals surface area (Å²) in [5.74, 6) is -1.30. The number of piperidine rings is 1. The number of alkyl carbamates (subject to hydrolysis) is 1. The van der Waals surface area contributed by atoms with Gasteiger partial charge in [-0.15, -0.1) is 0 Å². The Labute approximate surface area is 400 Å². The molecule has 68 heavy (non-hydrogen) atoms. The van der Waals surface area contributed by atoms with Gasteiger partial charge in [0.1, 0.15) is 53.1 Å². The lowest BCUT2D eigenvalue weighted by atomic mass is 9.85. The van der Waals surface area contributed by atoms with Gasteiger partial charge in [-0.2, -0.15) is 0 Å². The van der Waals surface area contributed by atoms with Crippen molar-refractivity contribution in [2.75, 3.05) is 38.0 Å². The van der Waals surface area contributed by atoms with E-state index in [9.17, 15) is 19.2 Å². The molecule has 0 aliphatic carbocycles. The van der Waals surface area contributed by atoms with Crippen LogP contribution in [0, 0.1) is 11.8 Å². The lowest BCUT2D eigenvalue weighted by Gasteiger charge is -2.41. The van der Waals surface area contributed by atoms with Gasteiger partial charge in [-0.3, -0.25) is 9.88 Å². The third-order valence-electron chi connectivity index (χ3n) is 11.1. The Balaban J connectivity index is 1.32. The van der Waals surface area contributed by atoms with Crippen molar-refractivity contribution in [3.05, 3.63) is 48.5 Å². The van der Waals surface area contributed by atoms with Crippen LogP contribution in [0.4, 0.5) is 20.2 Å². The van der Waals surface area contributed by atoms with E-state index in [0.717, 1.165) is 12.8 Å². The number of esters is 1. The van der Waals surface area contributed by atoms with Crippen LogP contribution in [0.3, 0.4) is 0 Å². The van der Waals surface area contributed by atoms with Crippen LogP contribution in [-0.4, -0.2) is 139 Å². The molecule has 5 heterocycles. The monoisotopic (exact) mass is 951 g/mol. The van der Waals surface area contributed by atoms with E-state index in [2.05, 4.69) is 42.6 Å². The number of nitrogens with one attached hydrogen (secondary N) is 2. The number of benzene rings is 1. The molecule has 1 aromatic carbocycles. The molecule has 0 radical (unpaired) electrons. The normalized spacial score (nSPS) is 23.5. The number of hydrogen-bond donors (Lipinski definition) is 2. The van der Waals surface area contributed by atoms with Crippen molar-refractivity contribution in [1.29, 1.82) is 0 Å². The minimum absolute atomic E-state index is 0.0286. The molecule has 3 amide bonds. The molecule has 3 saturated heterocycles. The molecule has 3 unspecified atom stereocenters. The minimum Gasteiger partial charge on any atom is -0.458 e. The van der Waals surface area contributed by atoms with Gasteiger partial charge in [0, 0.05) is 32.7 Å². The number of likely N-dealkylation sites (tertiary alicyclic amines) is 1. The largest absolute Gasteiger partial charge is 0.458 e. The minimum atomic E-state index is -1.06. The number of rotatable bonds is 13. The Kier molecular flexibility index (Phi) is 15.7. The van der Waals surface area contributed by atoms with Crippen molar-refractivity contribution in [2.45, 2.75) is 175 Å². The molecule has 2 aromatic heterocycles. The van der Waals surface area contributed by atoms with Crippen LogP contribution in [-0.2, 0) is 44.4 Å². The van der Waals surface area contributed by atoms with Crippen LogP contribution >= 0.6 is 0 Å². The fraction of sp³-hybridized carbons (Fsp3) is 0.694. The summed E-state index contributed by atoms with van der Waals surface area (Å²) >= 11 is 0. The number of anilines is 1. The van der Waals surface area contributed by atoms with Gasteiger partial charge in [0.05, 0.1) is 6.33 Å². The highest BCUT2D eigenvalue weighted by Gasteiger charge is 2.56. The Hall–Kier alpha value is -5.11. The third kappa shape index (κ3) is 14.9. The Morgan fingerprint density at radius 2 is 1.40 bits per heavy atom. The van der Waals surface area contributed by atoms with Gasteiger partial charge in [0.2, 0.25) is 0 Å². The fourth-order valence-corrected chi connectivity index (χ4v) is 8.84. The van der Waals surface area contributed by atoms with E-state index < -0.39 is 76.9 Å². The Morgan fingerprint density at radius 3 is 2.04 bits per heavy atom. The quantitative estimate of drug-likeness (QED) is 0.125. The number of aromatic nitrogens is 4. The van der Waals surface area contributed by atoms with Crippen molar-refractivity contribution >= 4 is 41.2 Å². The zero-order chi connectivity index (χ0) is 50.0. The highest BCUT2D eigenvalue weighted by molar-refractivity contribution is 5.93. The van der Waals surface area contributed by atoms with E-state index in [4.69, 9.17) is 33.2 Å². The Bertz CT molecular complexity index is 2230. The zero-order valence-corrected chi connectivity index (χ0v) is 42.4. The molecule has 0 bridgehead atoms. The lowest BCUT2D eigenvalue weighted by molar-refractivity contribution is -0.198. The zero-order valence-electron chi connectivity index (χ0n) is 42.4. The van der Waals surface area contributed by atoms with Gasteiger partial charge in [-0.1, -0.05) is 30.3 Å². The summed E-state index contributed by atoms with van der Waals surface area (Å²) in [5, 5.41) is 5.47. The van der Waals surface area contributed by atoms with Gasteiger partial charge in [-0.05, 0) is 134 Å². The molecule has 3 aliphatic rings. The number of fused-ring (bicyclic) bond motifs is 2. The van der Waals surface area contributed by atoms with Gasteiger partial charge < -0.3 is 48.3 Å². The number of amides is 3. The summed E-state index contributed by atoms with van der Waals surface area (Å²) in [6.45, 7) is 27.3. The molecule has 3 aliphatic heterocycles. The van der Waals surface area contributed by atoms with E-state index in [1.165, 1.54) is 11.9 Å². The first kappa shape index (κ1) is 52.3. The standard InChI is InChI=1S/C49H74N8O11/c1-45(2,3)65-41(58)33(53-42(59)66-46(4,5)6)20-21-55(24-32-23-31(22-30-18-16-15-17-19-30)25-56(26-32)44(61)68-48(10,11)12)27-34-36-37(64-49(13,14)63-36)40(62-34)57-29-52-35-38(50-28-51-39(35)57)54-43(60)67-47(7,8)9/h15-19,28-29,31-34,36-37,40H,20-27H2,1-14H3,(H,53,59)(H,50,51,54,60)/t31?,32?,33?,34-,36-,37-,40-/m1/s1. The molecule has 7 atom stereocenters. The molecule has 3 fully saturated rings. The van der Waals surface area contributed by atoms with Crippen molar-refractivity contribution in [3.63, 3.8) is 0 Å². The lowest BCUT2D eigenvalue weighted by Crippen LogP contribution is -2.51. The first-order chi connectivity index (χ1) is 31.5. The van der Waals surface area contributed by atoms with E-state index in [1.54, 1.807) is 73.2 Å². The van der Waals surface area contributed by atoms with Crippen molar-refractivity contribution in [2.24, 2.45) is 11.8 Å². The van der Waals surface area contributed by atoms with Gasteiger partial charge in [-0.25, -0.2) is 34.1 Å². The maximum Gasteiger partial charge on any atom is 0.413 e. The molecule has 6 rings (SSSR count). The van der Waals surface area contributed by atoms with Crippen LogP contribution in [0.25, 0.3) is 11.2 Å². The number of carbonyl (C=O) groups excluding carboxylic acids is 4. The summed E-state index contributed by atoms with van der Waals surface area (Å²) in [4.78, 5) is 71.0. The molecule has 0 saturated carbocycles. The Morgan fingerprint density at radius 1 is 0.779 bits per heavy atom. The fourth-order valence-electron chi connectivity index (χ4n) is 8.84. The number of hydrogen-bond acceptors (Lipinski definition) is 15. The summed E-state index contributed by atoms with van der Waals surface area (Å²) in [5.41, 5.74) is -1.16. The molecular formula is C49H74N8O11. The van der Waals surface area contributed by atoms with E-state index in [1.807, 2.05) is 57.7 Å². The SMILES string of the molecule is CC(C)(C)OC(=O)Nc1ncnc2c1ncn2[C@@H]1O[C@H](CN(CCC(NC(=O)OC(C)(C)C)C(=O)OC(C)(C)C)CC2CC(Cc3ccccc3)CN(C(=O)OC(C)(C)C)C2)[C@H]2OC(C)(C)O[C@H]21. The summed E-state index contributed by atoms with van der Waals surface area (Å²) < 4.78 is 44.6. The molecule has 2 N–H and O–H groups in total. The summed E-state index contributed by atoms with van der Waals surface area (Å²) in [7, 11) is 0. The highest BCUT2D eigenvalue weighted by Crippen LogP contribution is 2.44. The average molecular weight is 951 g/mol. The van der Waals surface area contributed by atoms with Gasteiger partial charge >= 0.3 is 24.2 Å². The van der Waals surface area contributed by atoms with E-state index >= 15 is 0 Å². The third-order valence-corrected chi connectivity index (χ3v) is 11.1. The predicted octanol–water partition coefficient (Wildman–Crippen LogP) is 7.63. The van der Waals surface area contributed by atoms with Crippen LogP contribution in [0.5, 0.6) is 0 Å². The predicted molar refractivity (Wildman–Crippen MR) is 253 cm³/mol. The van der Waals surface area contributed by atoms with Crippen LogP contribution in [0.1, 0.15) is 122 Å². The van der Waals surface area contributed by atoms with Crippen molar-refractivity contribution in [3.8, 4) is 0 Å². The van der Waals surface area contributed by atoms with Gasteiger partial charge in [0.15, 0.2) is 29.0 Å². The molecule has 3 aromatic rings. The number of carbonyl (C=O) groups is 4. The molecule has 0 spiro atoms. The van der Waals surface area contributed by atoms with Crippen LogP contribution in [0.2, 0.25) is 0 Å². The van der Waals surface area contributed by atoms with Crippen LogP contribution in [0.15, 0.2) is 43.0 Å². The summed E-state index contributed by atoms with van der Waals surface area (Å²) in [6.07, 6.45) is 0.317. The van der Waals surface area contributed by atoms with E-state index in [-0.39, 0.29) is 30.2 Å². The van der Waals surface area contributed by atoms with E-state index in [0.29, 0.717) is 43.9 Å². The second-order valence-corrected chi connectivity index (χ2v) is 22.6. The maximum absolute atomic E-state index is 13.8. The maximum atomic E-state index is 13.8. The topological polar surface area (TPSA) is 207 Å². The first-order valence-electron chi connectivity index (χ1n) is 23.6. The van der Waals surface area contributed by atoms with Crippen LogP contribution < -0.4 is 10.6 Å². The molecule has 376 valence electrons. The second kappa shape index (κ2) is 20.5. The number of imidazole rings is 1. The molecule has 19 nitrogen and oxygen atoms in total. The molecular weight excluding hydrogens is 877 g/mol. The smallest absolute Gasteiger partial charge is 0.413 e. The highest BCUT2D eigenvalue weighted by atomic mass is 16.8. The average Bonchev–Trinajstić information content (AvgIpc) is 3.85. The summed E-state index contributed by atoms with van der Waals surface area (Å²) in [6, 6.07) is 9.18. The van der Waals surface area contributed by atoms with Gasteiger partial charge in [0.25, 0.3) is 0 Å². The first-order valence-corrected chi connectivity index (χ1v) is 23.6. The van der Waals surface area contributed by atoms with Crippen molar-refractivity contribution in [1.82, 2.24) is 34.6 Å². The van der Waals surface area contributed by atoms with Crippen molar-refractivity contribution < 1.29 is 52.3 Å². The molecule has 19 heteroatoms. The number of ether oxygens (including phenoxy) is 7. The second-order valence-electron chi connectivity index (χ2n) is 22.6. The number of nitrogens with zero attached hydrogens (tertiary/aromatic N) is 6.